The lowest BCUT2D eigenvalue weighted by atomic mass is 9.99. The largest absolute Gasteiger partial charge is 0.374 e. The van der Waals surface area contributed by atoms with Gasteiger partial charge in [-0.15, -0.1) is 0 Å². The van der Waals surface area contributed by atoms with Crippen molar-refractivity contribution < 1.29 is 4.74 Å². The quantitative estimate of drug-likeness (QED) is 0.654. The van der Waals surface area contributed by atoms with Gasteiger partial charge in [-0.2, -0.15) is 0 Å². The monoisotopic (exact) mass is 344 g/mol. The lowest BCUT2D eigenvalue weighted by molar-refractivity contribution is -0.0137. The van der Waals surface area contributed by atoms with Gasteiger partial charge in [-0.25, -0.2) is 0 Å². The van der Waals surface area contributed by atoms with Crippen molar-refractivity contribution in [1.82, 2.24) is 15.1 Å². The molecule has 1 aromatic rings. The van der Waals surface area contributed by atoms with Crippen LogP contribution in [0, 0.1) is 5.92 Å². The third kappa shape index (κ3) is 5.44. The Balaban J connectivity index is 1.54. The standard InChI is InChI=1S/C20H32N4O/c1-3-21-20(22-14-19-16-23(2)11-12-25-19)24-10-9-18(15-24)13-17-7-5-4-6-8-17/h4-8,18-19H,3,9-16H2,1-2H3,(H,21,22). The summed E-state index contributed by atoms with van der Waals surface area (Å²) in [5, 5.41) is 3.47. The Labute approximate surface area is 152 Å². The average Bonchev–Trinajstić information content (AvgIpc) is 3.08. The first kappa shape index (κ1) is 18.2. The first-order valence-electron chi connectivity index (χ1n) is 9.62. The minimum Gasteiger partial charge on any atom is -0.374 e. The minimum absolute atomic E-state index is 0.218. The van der Waals surface area contributed by atoms with E-state index in [1.807, 2.05) is 0 Å². The summed E-state index contributed by atoms with van der Waals surface area (Å²) in [5.41, 5.74) is 1.44. The maximum atomic E-state index is 5.84. The van der Waals surface area contributed by atoms with Crippen molar-refractivity contribution in [3.8, 4) is 0 Å². The first-order chi connectivity index (χ1) is 12.2. The summed E-state index contributed by atoms with van der Waals surface area (Å²) in [6, 6.07) is 10.8. The predicted octanol–water partition coefficient (Wildman–Crippen LogP) is 1.85. The van der Waals surface area contributed by atoms with E-state index in [-0.39, 0.29) is 6.10 Å². The minimum atomic E-state index is 0.218. The van der Waals surface area contributed by atoms with Crippen molar-refractivity contribution in [2.75, 3.05) is 52.9 Å². The van der Waals surface area contributed by atoms with Gasteiger partial charge in [0, 0.05) is 32.7 Å². The molecule has 2 heterocycles. The highest BCUT2D eigenvalue weighted by Crippen LogP contribution is 2.21. The summed E-state index contributed by atoms with van der Waals surface area (Å²) in [6.07, 6.45) is 2.62. The van der Waals surface area contributed by atoms with Crippen LogP contribution in [0.3, 0.4) is 0 Å². The number of likely N-dealkylation sites (N-methyl/N-ethyl adjacent to an activating group) is 1. The zero-order valence-corrected chi connectivity index (χ0v) is 15.7. The van der Waals surface area contributed by atoms with Gasteiger partial charge in [-0.1, -0.05) is 30.3 Å². The summed E-state index contributed by atoms with van der Waals surface area (Å²) in [5.74, 6) is 1.76. The Bertz CT molecular complexity index is 548. The fraction of sp³-hybridized carbons (Fsp3) is 0.650. The molecule has 0 bridgehead atoms. The number of nitrogens with one attached hydrogen (secondary N) is 1. The number of benzene rings is 1. The molecule has 5 nitrogen and oxygen atoms in total. The summed E-state index contributed by atoms with van der Waals surface area (Å²) in [7, 11) is 2.15. The molecule has 2 fully saturated rings. The van der Waals surface area contributed by atoms with E-state index in [1.54, 1.807) is 0 Å². The number of nitrogens with zero attached hydrogens (tertiary/aromatic N) is 3. The Kier molecular flexibility index (Phi) is 6.70. The molecule has 0 amide bonds. The number of aliphatic imine (C=N–C) groups is 1. The first-order valence-corrected chi connectivity index (χ1v) is 9.62. The Hall–Kier alpha value is -1.59. The molecule has 1 aromatic carbocycles. The molecule has 0 spiro atoms. The van der Waals surface area contributed by atoms with E-state index >= 15 is 0 Å². The zero-order chi connectivity index (χ0) is 17.5. The fourth-order valence-corrected chi connectivity index (χ4v) is 3.73. The van der Waals surface area contributed by atoms with E-state index in [1.165, 1.54) is 12.0 Å². The van der Waals surface area contributed by atoms with E-state index in [0.29, 0.717) is 5.92 Å². The maximum Gasteiger partial charge on any atom is 0.194 e. The molecule has 5 heteroatoms. The highest BCUT2D eigenvalue weighted by atomic mass is 16.5. The fourth-order valence-electron chi connectivity index (χ4n) is 3.73. The molecule has 25 heavy (non-hydrogen) atoms. The van der Waals surface area contributed by atoms with Gasteiger partial charge in [-0.3, -0.25) is 4.99 Å². The third-order valence-electron chi connectivity index (χ3n) is 5.07. The van der Waals surface area contributed by atoms with Crippen LogP contribution < -0.4 is 5.32 Å². The molecule has 1 N–H and O–H groups in total. The molecular formula is C20H32N4O. The van der Waals surface area contributed by atoms with Gasteiger partial charge in [0.15, 0.2) is 5.96 Å². The number of likely N-dealkylation sites (tertiary alicyclic amines) is 1. The van der Waals surface area contributed by atoms with Crippen LogP contribution in [0.25, 0.3) is 0 Å². The SMILES string of the molecule is CCNC(=NCC1CN(C)CCO1)N1CCC(Cc2ccccc2)C1. The van der Waals surface area contributed by atoms with Crippen LogP contribution >= 0.6 is 0 Å². The molecule has 2 aliphatic rings. The van der Waals surface area contributed by atoms with Crippen LogP contribution in [0.2, 0.25) is 0 Å². The van der Waals surface area contributed by atoms with Gasteiger partial charge in [0.1, 0.15) is 0 Å². The van der Waals surface area contributed by atoms with Crippen molar-refractivity contribution in [1.29, 1.82) is 0 Å². The van der Waals surface area contributed by atoms with Crippen LogP contribution in [-0.2, 0) is 11.2 Å². The zero-order valence-electron chi connectivity index (χ0n) is 15.7. The van der Waals surface area contributed by atoms with E-state index in [4.69, 9.17) is 9.73 Å². The van der Waals surface area contributed by atoms with E-state index in [9.17, 15) is 0 Å². The molecule has 138 valence electrons. The summed E-state index contributed by atoms with van der Waals surface area (Å²) < 4.78 is 5.84. The smallest absolute Gasteiger partial charge is 0.194 e. The molecule has 0 saturated carbocycles. The number of rotatable bonds is 5. The van der Waals surface area contributed by atoms with E-state index in [0.717, 1.165) is 58.3 Å². The van der Waals surface area contributed by atoms with Crippen molar-refractivity contribution in [2.45, 2.75) is 25.9 Å². The second-order valence-corrected chi connectivity index (χ2v) is 7.24. The van der Waals surface area contributed by atoms with Crippen molar-refractivity contribution in [3.05, 3.63) is 35.9 Å². The van der Waals surface area contributed by atoms with Gasteiger partial charge in [0.2, 0.25) is 0 Å². The molecule has 2 saturated heterocycles. The highest BCUT2D eigenvalue weighted by Gasteiger charge is 2.25. The molecule has 3 rings (SSSR count). The van der Waals surface area contributed by atoms with Crippen LogP contribution in [-0.4, -0.2) is 74.8 Å². The number of ether oxygens (including phenoxy) is 1. The van der Waals surface area contributed by atoms with Crippen LogP contribution in [0.5, 0.6) is 0 Å². The van der Waals surface area contributed by atoms with Crippen LogP contribution in [0.15, 0.2) is 35.3 Å². The van der Waals surface area contributed by atoms with Crippen LogP contribution in [0.4, 0.5) is 0 Å². The molecule has 0 aliphatic carbocycles. The normalized spacial score (nSPS) is 25.4. The molecule has 0 radical (unpaired) electrons. The Morgan fingerprint density at radius 1 is 1.24 bits per heavy atom. The van der Waals surface area contributed by atoms with Gasteiger partial charge in [0.05, 0.1) is 19.3 Å². The molecular weight excluding hydrogens is 312 g/mol. The topological polar surface area (TPSA) is 40.1 Å². The lowest BCUT2D eigenvalue weighted by Crippen LogP contribution is -2.44. The van der Waals surface area contributed by atoms with Crippen molar-refractivity contribution in [2.24, 2.45) is 10.9 Å². The van der Waals surface area contributed by atoms with Crippen molar-refractivity contribution in [3.63, 3.8) is 0 Å². The predicted molar refractivity (Wildman–Crippen MR) is 103 cm³/mol. The van der Waals surface area contributed by atoms with Gasteiger partial charge >= 0.3 is 0 Å². The molecule has 2 unspecified atom stereocenters. The van der Waals surface area contributed by atoms with Gasteiger partial charge in [0.25, 0.3) is 0 Å². The maximum absolute atomic E-state index is 5.84. The van der Waals surface area contributed by atoms with E-state index in [2.05, 4.69) is 59.4 Å². The summed E-state index contributed by atoms with van der Waals surface area (Å²) in [4.78, 5) is 9.62. The summed E-state index contributed by atoms with van der Waals surface area (Å²) in [6.45, 7) is 8.78. The second kappa shape index (κ2) is 9.20. The number of morpholine rings is 1. The molecule has 0 aromatic heterocycles. The highest BCUT2D eigenvalue weighted by molar-refractivity contribution is 5.80. The molecule has 2 atom stereocenters. The van der Waals surface area contributed by atoms with Crippen molar-refractivity contribution >= 4 is 5.96 Å². The van der Waals surface area contributed by atoms with Crippen LogP contribution in [0.1, 0.15) is 18.9 Å². The number of hydrogen-bond donors (Lipinski definition) is 1. The third-order valence-corrected chi connectivity index (χ3v) is 5.07. The van der Waals surface area contributed by atoms with Gasteiger partial charge < -0.3 is 19.9 Å². The lowest BCUT2D eigenvalue weighted by Gasteiger charge is -2.29. The summed E-state index contributed by atoms with van der Waals surface area (Å²) >= 11 is 0. The number of hydrogen-bond acceptors (Lipinski definition) is 3. The van der Waals surface area contributed by atoms with E-state index < -0.39 is 0 Å². The molecule has 2 aliphatic heterocycles. The van der Waals surface area contributed by atoms with Gasteiger partial charge in [-0.05, 0) is 38.3 Å². The Morgan fingerprint density at radius 2 is 2.08 bits per heavy atom. The second-order valence-electron chi connectivity index (χ2n) is 7.24. The average molecular weight is 345 g/mol. The Morgan fingerprint density at radius 3 is 2.84 bits per heavy atom. The number of guanidine groups is 1.